The van der Waals surface area contributed by atoms with Crippen LogP contribution in [0, 0.1) is 6.92 Å². The number of carboxylic acids is 1. The summed E-state index contributed by atoms with van der Waals surface area (Å²) in [7, 11) is 0. The molecule has 0 spiro atoms. The van der Waals surface area contributed by atoms with Crippen molar-refractivity contribution in [3.63, 3.8) is 0 Å². The van der Waals surface area contributed by atoms with Gasteiger partial charge in [0.05, 0.1) is 0 Å². The predicted molar refractivity (Wildman–Crippen MR) is 62.8 cm³/mol. The second kappa shape index (κ2) is 5.98. The zero-order chi connectivity index (χ0) is 12.8. The Morgan fingerprint density at radius 1 is 1.53 bits per heavy atom. The average molecular weight is 236 g/mol. The fourth-order valence-electron chi connectivity index (χ4n) is 1.41. The first-order valence-electron chi connectivity index (χ1n) is 5.44. The topological polar surface area (TPSA) is 79.3 Å². The van der Waals surface area contributed by atoms with Gasteiger partial charge in [-0.15, -0.1) is 0 Å². The highest BCUT2D eigenvalue weighted by atomic mass is 16.4. The van der Waals surface area contributed by atoms with Crippen LogP contribution in [0.25, 0.3) is 0 Å². The van der Waals surface area contributed by atoms with E-state index in [1.165, 1.54) is 0 Å². The highest BCUT2D eigenvalue weighted by Crippen LogP contribution is 2.03. The number of hydrogen-bond acceptors (Lipinski definition) is 3. The minimum absolute atomic E-state index is 0.0524. The molecule has 1 amide bonds. The summed E-state index contributed by atoms with van der Waals surface area (Å²) in [6.07, 6.45) is 2.05. The summed E-state index contributed by atoms with van der Waals surface area (Å²) in [4.78, 5) is 26.2. The van der Waals surface area contributed by atoms with E-state index in [0.717, 1.165) is 5.69 Å². The Hall–Kier alpha value is -1.91. The van der Waals surface area contributed by atoms with Crippen LogP contribution in [0.3, 0.4) is 0 Å². The number of carbonyl (C=O) groups is 2. The van der Waals surface area contributed by atoms with Crippen molar-refractivity contribution < 1.29 is 14.7 Å². The SMILES string of the molecule is Cc1cc(C(=O)NC(C)CCC(=O)O)ccn1. The monoisotopic (exact) mass is 236 g/mol. The van der Waals surface area contributed by atoms with Crippen molar-refractivity contribution in [1.29, 1.82) is 0 Å². The lowest BCUT2D eigenvalue weighted by Crippen LogP contribution is -2.33. The van der Waals surface area contributed by atoms with Crippen LogP contribution in [-0.2, 0) is 4.79 Å². The number of pyridine rings is 1. The second-order valence-corrected chi connectivity index (χ2v) is 3.99. The molecule has 92 valence electrons. The van der Waals surface area contributed by atoms with Crippen LogP contribution in [0.1, 0.15) is 35.8 Å². The zero-order valence-corrected chi connectivity index (χ0v) is 9.93. The van der Waals surface area contributed by atoms with Gasteiger partial charge < -0.3 is 10.4 Å². The molecule has 0 fully saturated rings. The van der Waals surface area contributed by atoms with E-state index in [1.807, 2.05) is 6.92 Å². The standard InChI is InChI=1S/C12H16N2O3/c1-8(3-4-11(15)16)14-12(17)10-5-6-13-9(2)7-10/h5-8H,3-4H2,1-2H3,(H,14,17)(H,15,16). The molecule has 1 aromatic rings. The minimum atomic E-state index is -0.856. The van der Waals surface area contributed by atoms with Gasteiger partial charge in [0.2, 0.25) is 0 Å². The van der Waals surface area contributed by atoms with Crippen molar-refractivity contribution in [2.24, 2.45) is 0 Å². The third-order valence-corrected chi connectivity index (χ3v) is 2.33. The number of nitrogens with zero attached hydrogens (tertiary/aromatic N) is 1. The molecule has 1 aromatic heterocycles. The van der Waals surface area contributed by atoms with Crippen LogP contribution in [0.2, 0.25) is 0 Å². The van der Waals surface area contributed by atoms with E-state index in [2.05, 4.69) is 10.3 Å². The van der Waals surface area contributed by atoms with E-state index < -0.39 is 5.97 Å². The minimum Gasteiger partial charge on any atom is -0.481 e. The Morgan fingerprint density at radius 3 is 2.82 bits per heavy atom. The molecule has 17 heavy (non-hydrogen) atoms. The summed E-state index contributed by atoms with van der Waals surface area (Å²) < 4.78 is 0. The number of aliphatic carboxylic acids is 1. The van der Waals surface area contributed by atoms with Gasteiger partial charge in [-0.05, 0) is 32.4 Å². The lowest BCUT2D eigenvalue weighted by atomic mass is 10.1. The maximum absolute atomic E-state index is 11.8. The van der Waals surface area contributed by atoms with Gasteiger partial charge in [-0.3, -0.25) is 14.6 Å². The molecule has 1 atom stereocenters. The molecule has 0 radical (unpaired) electrons. The first kappa shape index (κ1) is 13.2. The van der Waals surface area contributed by atoms with Crippen LogP contribution in [0.4, 0.5) is 0 Å². The van der Waals surface area contributed by atoms with E-state index in [9.17, 15) is 9.59 Å². The van der Waals surface area contributed by atoms with Crippen LogP contribution < -0.4 is 5.32 Å². The highest BCUT2D eigenvalue weighted by Gasteiger charge is 2.11. The Kier molecular flexibility index (Phi) is 4.63. The number of nitrogens with one attached hydrogen (secondary N) is 1. The fourth-order valence-corrected chi connectivity index (χ4v) is 1.41. The van der Waals surface area contributed by atoms with E-state index in [1.54, 1.807) is 25.3 Å². The summed E-state index contributed by atoms with van der Waals surface area (Å²) in [5.41, 5.74) is 1.32. The summed E-state index contributed by atoms with van der Waals surface area (Å²) >= 11 is 0. The van der Waals surface area contributed by atoms with E-state index in [-0.39, 0.29) is 18.4 Å². The quantitative estimate of drug-likeness (QED) is 0.809. The molecule has 0 aromatic carbocycles. The van der Waals surface area contributed by atoms with Crippen molar-refractivity contribution in [3.05, 3.63) is 29.6 Å². The third-order valence-electron chi connectivity index (χ3n) is 2.33. The lowest BCUT2D eigenvalue weighted by molar-refractivity contribution is -0.137. The van der Waals surface area contributed by atoms with Crippen molar-refractivity contribution in [3.8, 4) is 0 Å². The first-order chi connectivity index (χ1) is 7.99. The molecule has 0 aliphatic heterocycles. The predicted octanol–water partition coefficient (Wildman–Crippen LogP) is 1.37. The maximum Gasteiger partial charge on any atom is 0.303 e. The maximum atomic E-state index is 11.8. The van der Waals surface area contributed by atoms with Gasteiger partial charge in [0, 0.05) is 29.9 Å². The van der Waals surface area contributed by atoms with Gasteiger partial charge in [0.25, 0.3) is 5.91 Å². The largest absolute Gasteiger partial charge is 0.481 e. The Labute approximate surface area is 99.9 Å². The number of rotatable bonds is 5. The summed E-state index contributed by atoms with van der Waals surface area (Å²) in [5.74, 6) is -1.06. The molecular formula is C12H16N2O3. The number of aryl methyl sites for hydroxylation is 1. The van der Waals surface area contributed by atoms with E-state index in [4.69, 9.17) is 5.11 Å². The summed E-state index contributed by atoms with van der Waals surface area (Å²) in [5, 5.41) is 11.3. The zero-order valence-electron chi connectivity index (χ0n) is 9.93. The third kappa shape index (κ3) is 4.63. The van der Waals surface area contributed by atoms with E-state index >= 15 is 0 Å². The molecule has 5 heteroatoms. The van der Waals surface area contributed by atoms with Crippen molar-refractivity contribution in [2.45, 2.75) is 32.7 Å². The molecule has 0 saturated carbocycles. The van der Waals surface area contributed by atoms with Crippen LogP contribution >= 0.6 is 0 Å². The molecular weight excluding hydrogens is 220 g/mol. The number of carbonyl (C=O) groups excluding carboxylic acids is 1. The molecule has 0 aliphatic carbocycles. The molecule has 0 saturated heterocycles. The van der Waals surface area contributed by atoms with Gasteiger partial charge in [-0.25, -0.2) is 0 Å². The summed E-state index contributed by atoms with van der Waals surface area (Å²) in [6.45, 7) is 3.60. The van der Waals surface area contributed by atoms with Crippen LogP contribution in [0.15, 0.2) is 18.3 Å². The van der Waals surface area contributed by atoms with Crippen molar-refractivity contribution in [1.82, 2.24) is 10.3 Å². The Bertz CT molecular complexity index is 418. The van der Waals surface area contributed by atoms with Crippen LogP contribution in [-0.4, -0.2) is 28.0 Å². The molecule has 0 aliphatic rings. The first-order valence-corrected chi connectivity index (χ1v) is 5.44. The van der Waals surface area contributed by atoms with Crippen molar-refractivity contribution in [2.75, 3.05) is 0 Å². The van der Waals surface area contributed by atoms with Crippen LogP contribution in [0.5, 0.6) is 0 Å². The second-order valence-electron chi connectivity index (χ2n) is 3.99. The van der Waals surface area contributed by atoms with Gasteiger partial charge in [-0.2, -0.15) is 0 Å². The average Bonchev–Trinajstić information content (AvgIpc) is 2.26. The number of carboxylic acid groups (broad SMARTS) is 1. The highest BCUT2D eigenvalue weighted by molar-refractivity contribution is 5.94. The molecule has 0 bridgehead atoms. The lowest BCUT2D eigenvalue weighted by Gasteiger charge is -2.12. The molecule has 1 heterocycles. The smallest absolute Gasteiger partial charge is 0.303 e. The number of amides is 1. The van der Waals surface area contributed by atoms with Gasteiger partial charge in [0.15, 0.2) is 0 Å². The number of aromatic nitrogens is 1. The molecule has 1 unspecified atom stereocenters. The Morgan fingerprint density at radius 2 is 2.24 bits per heavy atom. The molecule has 5 nitrogen and oxygen atoms in total. The number of hydrogen-bond donors (Lipinski definition) is 2. The van der Waals surface area contributed by atoms with Crippen molar-refractivity contribution >= 4 is 11.9 Å². The normalized spacial score (nSPS) is 11.9. The molecule has 2 N–H and O–H groups in total. The van der Waals surface area contributed by atoms with E-state index in [0.29, 0.717) is 12.0 Å². The van der Waals surface area contributed by atoms with Gasteiger partial charge in [-0.1, -0.05) is 0 Å². The molecule has 1 rings (SSSR count). The van der Waals surface area contributed by atoms with Gasteiger partial charge in [0.1, 0.15) is 0 Å². The van der Waals surface area contributed by atoms with Gasteiger partial charge >= 0.3 is 5.97 Å². The Balaban J connectivity index is 2.51. The summed E-state index contributed by atoms with van der Waals surface area (Å²) in [6, 6.07) is 3.16. The fraction of sp³-hybridized carbons (Fsp3) is 0.417.